The summed E-state index contributed by atoms with van der Waals surface area (Å²) in [5, 5.41) is -0.603. The summed E-state index contributed by atoms with van der Waals surface area (Å²) in [7, 11) is 0. The van der Waals surface area contributed by atoms with Gasteiger partial charge in [-0.15, -0.1) is 0 Å². The molecule has 0 N–H and O–H groups in total. The standard InChI is InChI=1S/C27H35F3O5S/c1-6-22(32)35-27(23(33)36-14-28)15(3)10-17-18-12-20(29)19-11-16(31)8-9-24(19,4)26(18,30)21(34-7-2)13-25(17,27)5/h8-9,11,15,17-18,20-21H,6-7,10,12-14H2,1-5H3/t15-,17+,18+,20+,21+,24+,25+,26+,27+/m1/s1. The summed E-state index contributed by atoms with van der Waals surface area (Å²) in [6.07, 6.45) is 1.50. The van der Waals surface area contributed by atoms with Gasteiger partial charge in [-0.25, -0.2) is 13.2 Å². The van der Waals surface area contributed by atoms with Crippen LogP contribution >= 0.6 is 11.8 Å². The Kier molecular flexibility index (Phi) is 7.08. The second-order valence-corrected chi connectivity index (χ2v) is 11.9. The third-order valence-electron chi connectivity index (χ3n) is 9.56. The average Bonchev–Trinajstić information content (AvgIpc) is 3.04. The van der Waals surface area contributed by atoms with Crippen LogP contribution in [0, 0.1) is 28.6 Å². The lowest BCUT2D eigenvalue weighted by atomic mass is 9.44. The Balaban J connectivity index is 1.92. The summed E-state index contributed by atoms with van der Waals surface area (Å²) in [6.45, 7) is 8.68. The number of hydrogen-bond donors (Lipinski definition) is 0. The van der Waals surface area contributed by atoms with Crippen molar-refractivity contribution >= 4 is 28.6 Å². The minimum Gasteiger partial charge on any atom is -0.449 e. The van der Waals surface area contributed by atoms with Gasteiger partial charge in [0.1, 0.15) is 12.2 Å². The number of esters is 1. The number of halogens is 3. The zero-order valence-corrected chi connectivity index (χ0v) is 22.3. The largest absolute Gasteiger partial charge is 0.449 e. The summed E-state index contributed by atoms with van der Waals surface area (Å²) >= 11 is 0.450. The molecule has 0 radical (unpaired) electrons. The van der Waals surface area contributed by atoms with Gasteiger partial charge in [0, 0.05) is 35.7 Å². The van der Waals surface area contributed by atoms with Crippen LogP contribution in [0.5, 0.6) is 0 Å². The Morgan fingerprint density at radius 3 is 2.50 bits per heavy atom. The molecule has 4 rings (SSSR count). The molecule has 36 heavy (non-hydrogen) atoms. The second kappa shape index (κ2) is 9.29. The lowest BCUT2D eigenvalue weighted by molar-refractivity contribution is -0.238. The Bertz CT molecular complexity index is 1020. The van der Waals surface area contributed by atoms with E-state index >= 15 is 8.78 Å². The Morgan fingerprint density at radius 1 is 1.19 bits per heavy atom. The monoisotopic (exact) mass is 528 g/mol. The molecule has 0 bridgehead atoms. The number of ether oxygens (including phenoxy) is 2. The molecule has 3 fully saturated rings. The van der Waals surface area contributed by atoms with E-state index < -0.39 is 69.2 Å². The van der Waals surface area contributed by atoms with Crippen LogP contribution in [0.25, 0.3) is 0 Å². The molecule has 4 aliphatic carbocycles. The second-order valence-electron chi connectivity index (χ2n) is 11.0. The van der Waals surface area contributed by atoms with E-state index in [1.54, 1.807) is 34.6 Å². The minimum atomic E-state index is -2.07. The number of alkyl halides is 3. The van der Waals surface area contributed by atoms with Gasteiger partial charge in [-0.05, 0) is 68.5 Å². The molecule has 5 nitrogen and oxygen atoms in total. The SMILES string of the molecule is CCO[C@H]1C[C@@]2(C)[C@@H](C[C@@H](C)[C@]2(OC(=O)CC)C(=O)SCF)[C@@H]2C[C@H](F)C3=CC(=O)C=C[C@]3(C)[C@@]12F. The lowest BCUT2D eigenvalue weighted by Crippen LogP contribution is -2.71. The first kappa shape index (κ1) is 27.4. The number of ketones is 1. The summed E-state index contributed by atoms with van der Waals surface area (Å²) in [6, 6.07) is -0.985. The van der Waals surface area contributed by atoms with Gasteiger partial charge < -0.3 is 9.47 Å². The molecular weight excluding hydrogens is 493 g/mol. The summed E-state index contributed by atoms with van der Waals surface area (Å²) in [4.78, 5) is 38.3. The molecule has 0 aromatic carbocycles. The number of carbonyl (C=O) groups excluding carboxylic acids is 3. The topological polar surface area (TPSA) is 69.7 Å². The van der Waals surface area contributed by atoms with Crippen LogP contribution in [0.2, 0.25) is 0 Å². The number of hydrogen-bond acceptors (Lipinski definition) is 6. The van der Waals surface area contributed by atoms with Gasteiger partial charge in [0.25, 0.3) is 0 Å². The first-order valence-electron chi connectivity index (χ1n) is 12.7. The third kappa shape index (κ3) is 3.44. The first-order chi connectivity index (χ1) is 16.9. The molecule has 9 heteroatoms. The molecule has 0 aliphatic heterocycles. The lowest BCUT2D eigenvalue weighted by Gasteiger charge is -2.63. The molecule has 0 aromatic heterocycles. The first-order valence-corrected chi connectivity index (χ1v) is 13.7. The number of carbonyl (C=O) groups is 3. The van der Waals surface area contributed by atoms with Crippen LogP contribution in [0.15, 0.2) is 23.8 Å². The van der Waals surface area contributed by atoms with Crippen molar-refractivity contribution in [3.8, 4) is 0 Å². The van der Waals surface area contributed by atoms with Crippen LogP contribution in [0.3, 0.4) is 0 Å². The quantitative estimate of drug-likeness (QED) is 0.426. The van der Waals surface area contributed by atoms with E-state index in [1.807, 2.05) is 0 Å². The van der Waals surface area contributed by atoms with Crippen LogP contribution in [0.1, 0.15) is 60.3 Å². The average molecular weight is 529 g/mol. The van der Waals surface area contributed by atoms with Crippen molar-refractivity contribution < 1.29 is 37.0 Å². The van der Waals surface area contributed by atoms with Gasteiger partial charge in [-0.1, -0.05) is 26.8 Å². The number of fused-ring (bicyclic) bond motifs is 5. The van der Waals surface area contributed by atoms with E-state index in [2.05, 4.69) is 0 Å². The number of thioether (sulfide) groups is 1. The van der Waals surface area contributed by atoms with Crippen LogP contribution in [-0.4, -0.2) is 53.0 Å². The van der Waals surface area contributed by atoms with E-state index in [0.29, 0.717) is 18.2 Å². The molecule has 0 aromatic rings. The van der Waals surface area contributed by atoms with Gasteiger partial charge in [0.2, 0.25) is 5.12 Å². The maximum Gasteiger partial charge on any atom is 0.306 e. The Morgan fingerprint density at radius 2 is 1.89 bits per heavy atom. The fraction of sp³-hybridized carbons (Fsp3) is 0.741. The van der Waals surface area contributed by atoms with Gasteiger partial charge in [-0.3, -0.25) is 14.4 Å². The molecule has 9 atom stereocenters. The van der Waals surface area contributed by atoms with Gasteiger partial charge in [0.05, 0.1) is 6.10 Å². The number of allylic oxidation sites excluding steroid dienone is 4. The van der Waals surface area contributed by atoms with Crippen molar-refractivity contribution in [3.63, 3.8) is 0 Å². The highest BCUT2D eigenvalue weighted by Gasteiger charge is 2.78. The molecule has 4 aliphatic rings. The number of rotatable bonds is 6. The smallest absolute Gasteiger partial charge is 0.306 e. The van der Waals surface area contributed by atoms with Crippen molar-refractivity contribution in [2.45, 2.75) is 83.8 Å². The van der Waals surface area contributed by atoms with Gasteiger partial charge in [-0.2, -0.15) is 0 Å². The normalized spacial score (nSPS) is 45.4. The maximum atomic E-state index is 17.8. The zero-order chi connectivity index (χ0) is 26.7. The van der Waals surface area contributed by atoms with Crippen molar-refractivity contribution in [3.05, 3.63) is 23.8 Å². The van der Waals surface area contributed by atoms with Gasteiger partial charge in [0.15, 0.2) is 17.1 Å². The predicted octanol–water partition coefficient (Wildman–Crippen LogP) is 5.47. The fourth-order valence-electron chi connectivity index (χ4n) is 7.97. The van der Waals surface area contributed by atoms with Crippen LogP contribution in [0.4, 0.5) is 13.2 Å². The minimum absolute atomic E-state index is 0.0196. The molecule has 0 unspecified atom stereocenters. The van der Waals surface area contributed by atoms with Crippen LogP contribution in [-0.2, 0) is 23.9 Å². The molecule has 200 valence electrons. The highest BCUT2D eigenvalue weighted by molar-refractivity contribution is 8.13. The van der Waals surface area contributed by atoms with Crippen molar-refractivity contribution in [1.29, 1.82) is 0 Å². The van der Waals surface area contributed by atoms with E-state index in [-0.39, 0.29) is 37.2 Å². The molecule has 0 heterocycles. The fourth-order valence-corrected chi connectivity index (χ4v) is 8.76. The van der Waals surface area contributed by atoms with Crippen molar-refractivity contribution in [1.82, 2.24) is 0 Å². The van der Waals surface area contributed by atoms with E-state index in [0.717, 1.165) is 0 Å². The van der Waals surface area contributed by atoms with E-state index in [4.69, 9.17) is 9.47 Å². The van der Waals surface area contributed by atoms with E-state index in [9.17, 15) is 18.8 Å². The summed E-state index contributed by atoms with van der Waals surface area (Å²) < 4.78 is 58.9. The summed E-state index contributed by atoms with van der Waals surface area (Å²) in [5.41, 5.74) is -6.18. The Hall–Kier alpha value is -1.61. The highest BCUT2D eigenvalue weighted by atomic mass is 32.2. The predicted molar refractivity (Wildman–Crippen MR) is 130 cm³/mol. The maximum absolute atomic E-state index is 17.8. The molecule has 3 saturated carbocycles. The van der Waals surface area contributed by atoms with Crippen molar-refractivity contribution in [2.24, 2.45) is 28.6 Å². The molecular formula is C27H35F3O5S. The molecule has 0 amide bonds. The van der Waals surface area contributed by atoms with Crippen molar-refractivity contribution in [2.75, 3.05) is 12.6 Å². The van der Waals surface area contributed by atoms with Crippen LogP contribution < -0.4 is 0 Å². The third-order valence-corrected chi connectivity index (χ3v) is 10.2. The highest BCUT2D eigenvalue weighted by Crippen LogP contribution is 2.72. The Labute approximate surface area is 214 Å². The van der Waals surface area contributed by atoms with E-state index in [1.165, 1.54) is 18.2 Å². The summed E-state index contributed by atoms with van der Waals surface area (Å²) in [5.74, 6) is -2.93. The molecule has 0 saturated heterocycles. The van der Waals surface area contributed by atoms with Gasteiger partial charge >= 0.3 is 5.97 Å². The molecule has 0 spiro atoms. The zero-order valence-electron chi connectivity index (χ0n) is 21.4.